The molecule has 2 atom stereocenters. The first-order chi connectivity index (χ1) is 8.95. The average Bonchev–Trinajstić information content (AvgIpc) is 3.14. The Morgan fingerprint density at radius 3 is 2.63 bits per heavy atom. The zero-order chi connectivity index (χ0) is 14.1. The molecule has 0 heterocycles. The van der Waals surface area contributed by atoms with Crippen LogP contribution in [0.3, 0.4) is 0 Å². The zero-order valence-corrected chi connectivity index (χ0v) is 12.3. The second kappa shape index (κ2) is 5.19. The van der Waals surface area contributed by atoms with E-state index in [2.05, 4.69) is 0 Å². The van der Waals surface area contributed by atoms with Crippen LogP contribution in [0.4, 0.5) is 0 Å². The zero-order valence-electron chi connectivity index (χ0n) is 10.7. The lowest BCUT2D eigenvalue weighted by atomic mass is 10.1. The van der Waals surface area contributed by atoms with Crippen molar-refractivity contribution in [1.82, 2.24) is 0 Å². The van der Waals surface area contributed by atoms with Crippen molar-refractivity contribution in [3.8, 4) is 0 Å². The van der Waals surface area contributed by atoms with E-state index >= 15 is 0 Å². The van der Waals surface area contributed by atoms with Gasteiger partial charge in [-0.25, -0.2) is 8.42 Å². The van der Waals surface area contributed by atoms with Gasteiger partial charge in [0.1, 0.15) is 0 Å². The van der Waals surface area contributed by atoms with Crippen molar-refractivity contribution in [1.29, 1.82) is 0 Å². The van der Waals surface area contributed by atoms with E-state index in [-0.39, 0.29) is 11.6 Å². The Kier molecular flexibility index (Phi) is 3.94. The lowest BCUT2D eigenvalue weighted by Gasteiger charge is -2.15. The molecule has 19 heavy (non-hydrogen) atoms. The maximum atomic E-state index is 12.5. The Bertz CT molecular complexity index is 571. The number of benzene rings is 1. The monoisotopic (exact) mass is 299 g/mol. The summed E-state index contributed by atoms with van der Waals surface area (Å²) in [7, 11) is -3.40. The second-order valence-corrected chi connectivity index (χ2v) is 7.28. The molecule has 0 amide bonds. The van der Waals surface area contributed by atoms with Crippen LogP contribution in [-0.4, -0.2) is 31.9 Å². The molecule has 6 heteroatoms. The topological polar surface area (TPSA) is 69.4 Å². The average molecular weight is 299 g/mol. The highest BCUT2D eigenvalue weighted by atomic mass is 32.2. The van der Waals surface area contributed by atoms with Crippen LogP contribution in [0.15, 0.2) is 35.2 Å². The first kappa shape index (κ1) is 14.4. The van der Waals surface area contributed by atoms with Crippen molar-refractivity contribution in [2.75, 3.05) is 13.2 Å². The molecule has 2 N–H and O–H groups in total. The van der Waals surface area contributed by atoms with Gasteiger partial charge in [-0.3, -0.25) is 0 Å². The molecule has 0 spiro atoms. The number of sulfone groups is 1. The number of hydrogen-bond acceptors (Lipinski definition) is 4. The Balaban J connectivity index is 2.27. The minimum atomic E-state index is -3.40. The van der Waals surface area contributed by atoms with Gasteiger partial charge in [0.05, 0.1) is 27.2 Å². The Hall–Kier alpha value is -0.980. The van der Waals surface area contributed by atoms with Crippen molar-refractivity contribution in [2.24, 2.45) is 11.1 Å². The van der Waals surface area contributed by atoms with Gasteiger partial charge in [-0.15, -0.1) is 0 Å². The number of rotatable bonds is 6. The molecule has 2 rings (SSSR count). The Labute approximate surface area is 118 Å². The molecule has 4 nitrogen and oxygen atoms in total. The molecule has 0 bridgehead atoms. The molecular weight excluding hydrogens is 282 g/mol. The van der Waals surface area contributed by atoms with E-state index < -0.39 is 20.5 Å². The van der Waals surface area contributed by atoms with Gasteiger partial charge in [-0.1, -0.05) is 30.4 Å². The van der Waals surface area contributed by atoms with Crippen molar-refractivity contribution < 1.29 is 13.2 Å². The molecule has 1 saturated carbocycles. The summed E-state index contributed by atoms with van der Waals surface area (Å²) in [6, 6.07) is 8.39. The highest BCUT2D eigenvalue weighted by Gasteiger charge is 2.63. The van der Waals surface area contributed by atoms with E-state index in [4.69, 9.17) is 22.7 Å². The van der Waals surface area contributed by atoms with Gasteiger partial charge < -0.3 is 10.5 Å². The summed E-state index contributed by atoms with van der Waals surface area (Å²) in [5.41, 5.74) is 5.03. The SMILES string of the molecule is CCOC[C@]1(C(N)=S)C[C@@H]1S(=O)(=O)c1ccccc1. The van der Waals surface area contributed by atoms with E-state index in [1.165, 1.54) is 0 Å². The van der Waals surface area contributed by atoms with Crippen LogP contribution < -0.4 is 5.73 Å². The van der Waals surface area contributed by atoms with Crippen LogP contribution in [0.1, 0.15) is 13.3 Å². The van der Waals surface area contributed by atoms with Crippen molar-refractivity contribution >= 4 is 27.0 Å². The highest BCUT2D eigenvalue weighted by Crippen LogP contribution is 2.53. The van der Waals surface area contributed by atoms with E-state index in [0.29, 0.717) is 17.9 Å². The van der Waals surface area contributed by atoms with Gasteiger partial charge >= 0.3 is 0 Å². The molecule has 0 radical (unpaired) electrons. The maximum absolute atomic E-state index is 12.5. The van der Waals surface area contributed by atoms with Crippen molar-refractivity contribution in [2.45, 2.75) is 23.5 Å². The van der Waals surface area contributed by atoms with Gasteiger partial charge in [-0.2, -0.15) is 0 Å². The summed E-state index contributed by atoms with van der Waals surface area (Å²) in [5, 5.41) is -0.563. The summed E-state index contributed by atoms with van der Waals surface area (Å²) in [6.07, 6.45) is 0.444. The first-order valence-electron chi connectivity index (χ1n) is 6.12. The molecule has 0 aromatic heterocycles. The van der Waals surface area contributed by atoms with E-state index in [1.54, 1.807) is 30.3 Å². The number of ether oxygens (including phenoxy) is 1. The van der Waals surface area contributed by atoms with Gasteiger partial charge in [0, 0.05) is 6.61 Å². The lowest BCUT2D eigenvalue weighted by Crippen LogP contribution is -2.33. The van der Waals surface area contributed by atoms with Crippen molar-refractivity contribution in [3.63, 3.8) is 0 Å². The molecule has 0 aliphatic heterocycles. The summed E-state index contributed by atoms with van der Waals surface area (Å²) >= 11 is 5.04. The Morgan fingerprint density at radius 2 is 2.11 bits per heavy atom. The predicted molar refractivity (Wildman–Crippen MR) is 77.7 cm³/mol. The minimum Gasteiger partial charge on any atom is -0.393 e. The van der Waals surface area contributed by atoms with Crippen molar-refractivity contribution in [3.05, 3.63) is 30.3 Å². The summed E-state index contributed by atoms with van der Waals surface area (Å²) in [5.74, 6) is 0. The standard InChI is InChI=1S/C13H17NO3S2/c1-2-17-9-13(12(14)18)8-11(13)19(15,16)10-6-4-3-5-7-10/h3-7,11H,2,8-9H2,1H3,(H2,14,18)/t11-,13+/m0/s1. The smallest absolute Gasteiger partial charge is 0.182 e. The quantitative estimate of drug-likeness (QED) is 0.807. The third-order valence-corrected chi connectivity index (χ3v) is 6.21. The maximum Gasteiger partial charge on any atom is 0.182 e. The number of hydrogen-bond donors (Lipinski definition) is 1. The molecule has 0 unspecified atom stereocenters. The summed E-state index contributed by atoms with van der Waals surface area (Å²) in [6.45, 7) is 2.65. The fraction of sp³-hybridized carbons (Fsp3) is 0.462. The number of nitrogens with two attached hydrogens (primary N) is 1. The molecular formula is C13H17NO3S2. The molecule has 1 aliphatic rings. The number of thiocarbonyl (C=S) groups is 1. The van der Waals surface area contributed by atoms with Crippen LogP contribution in [0, 0.1) is 5.41 Å². The minimum absolute atomic E-state index is 0.227. The lowest BCUT2D eigenvalue weighted by molar-refractivity contribution is 0.123. The highest BCUT2D eigenvalue weighted by molar-refractivity contribution is 7.92. The first-order valence-corrected chi connectivity index (χ1v) is 8.07. The third kappa shape index (κ3) is 2.52. The van der Waals surface area contributed by atoms with E-state index in [9.17, 15) is 8.42 Å². The van der Waals surface area contributed by atoms with Crippen LogP contribution in [0.25, 0.3) is 0 Å². The molecule has 0 saturated heterocycles. The molecule has 1 aromatic carbocycles. The fourth-order valence-electron chi connectivity index (χ4n) is 2.22. The van der Waals surface area contributed by atoms with Crippen LogP contribution in [-0.2, 0) is 14.6 Å². The largest absolute Gasteiger partial charge is 0.393 e. The van der Waals surface area contributed by atoms with Crippen LogP contribution in [0.2, 0.25) is 0 Å². The normalized spacial score (nSPS) is 26.1. The van der Waals surface area contributed by atoms with E-state index in [1.807, 2.05) is 6.92 Å². The molecule has 1 aliphatic carbocycles. The predicted octanol–water partition coefficient (Wildman–Crippen LogP) is 1.54. The van der Waals surface area contributed by atoms with E-state index in [0.717, 1.165) is 0 Å². The van der Waals surface area contributed by atoms with Gasteiger partial charge in [0.2, 0.25) is 0 Å². The Morgan fingerprint density at radius 1 is 1.47 bits per heavy atom. The van der Waals surface area contributed by atoms with Crippen LogP contribution in [0.5, 0.6) is 0 Å². The molecule has 104 valence electrons. The molecule has 1 aromatic rings. The van der Waals surface area contributed by atoms with Gasteiger partial charge in [0.25, 0.3) is 0 Å². The summed E-state index contributed by atoms with van der Waals surface area (Å²) < 4.78 is 30.4. The second-order valence-electron chi connectivity index (χ2n) is 4.71. The van der Waals surface area contributed by atoms with Gasteiger partial charge in [-0.05, 0) is 25.5 Å². The van der Waals surface area contributed by atoms with Crippen LogP contribution >= 0.6 is 12.2 Å². The summed E-state index contributed by atoms with van der Waals surface area (Å²) in [4.78, 5) is 0.542. The van der Waals surface area contributed by atoms with Gasteiger partial charge in [0.15, 0.2) is 9.84 Å². The molecule has 1 fully saturated rings. The fourth-order valence-corrected chi connectivity index (χ4v) is 4.75. The third-order valence-electron chi connectivity index (χ3n) is 3.51.